The Morgan fingerprint density at radius 1 is 1.04 bits per heavy atom. The van der Waals surface area contributed by atoms with E-state index < -0.39 is 34.5 Å². The van der Waals surface area contributed by atoms with Crippen molar-refractivity contribution in [2.45, 2.75) is 0 Å². The molecule has 2 aromatic heterocycles. The van der Waals surface area contributed by atoms with Crippen molar-refractivity contribution < 1.29 is 18.7 Å². The monoisotopic (exact) mass is 382 g/mol. The van der Waals surface area contributed by atoms with Crippen LogP contribution in [0.25, 0.3) is 11.3 Å². The maximum absolute atomic E-state index is 14.6. The van der Waals surface area contributed by atoms with Gasteiger partial charge in [-0.25, -0.2) is 18.0 Å². The van der Waals surface area contributed by atoms with Crippen LogP contribution in [0.3, 0.4) is 0 Å². The summed E-state index contributed by atoms with van der Waals surface area (Å²) >= 11 is 0. The Bertz CT molecular complexity index is 1280. The molecule has 9 heteroatoms. The number of nitrogens with one attached hydrogen (secondary N) is 1. The summed E-state index contributed by atoms with van der Waals surface area (Å²) in [6.45, 7) is 0. The highest BCUT2D eigenvalue weighted by Crippen LogP contribution is 2.25. The third-order valence-corrected chi connectivity index (χ3v) is 4.09. The van der Waals surface area contributed by atoms with E-state index in [0.29, 0.717) is 0 Å². The van der Waals surface area contributed by atoms with Crippen LogP contribution >= 0.6 is 0 Å². The van der Waals surface area contributed by atoms with Crippen molar-refractivity contribution in [3.05, 3.63) is 88.5 Å². The molecule has 0 saturated carbocycles. The number of phenolic OH excluding ortho intramolecular Hbond substituents is 1. The number of aromatic nitrogens is 3. The van der Waals surface area contributed by atoms with E-state index in [9.17, 15) is 23.5 Å². The number of hydrogen-bond donors (Lipinski definition) is 2. The van der Waals surface area contributed by atoms with Gasteiger partial charge in [-0.1, -0.05) is 18.2 Å². The van der Waals surface area contributed by atoms with Crippen LogP contribution in [0.5, 0.6) is 5.75 Å². The average Bonchev–Trinajstić information content (AvgIpc) is 3.02. The second-order valence-electron chi connectivity index (χ2n) is 5.88. The fourth-order valence-electron chi connectivity index (χ4n) is 2.73. The van der Waals surface area contributed by atoms with Crippen molar-refractivity contribution in [1.29, 1.82) is 0 Å². The standard InChI is InChI=1S/C19H12F2N4O3/c20-12-5-1-2-6-14(12)22-18(27)11-9-13(21)15(10-16(11)26)25-19(28)24-8-4-3-7-17(24)23-25/h1-10,26H,(H,22,27). The molecule has 0 aliphatic rings. The largest absolute Gasteiger partial charge is 0.507 e. The van der Waals surface area contributed by atoms with Crippen molar-refractivity contribution in [1.82, 2.24) is 14.2 Å². The molecule has 2 N–H and O–H groups in total. The molecule has 1 amide bonds. The lowest BCUT2D eigenvalue weighted by Crippen LogP contribution is -2.21. The van der Waals surface area contributed by atoms with Gasteiger partial charge in [-0.3, -0.25) is 4.79 Å². The highest BCUT2D eigenvalue weighted by molar-refractivity contribution is 6.06. The van der Waals surface area contributed by atoms with Gasteiger partial charge in [-0.2, -0.15) is 4.68 Å². The number of para-hydroxylation sites is 1. The fourth-order valence-corrected chi connectivity index (χ4v) is 2.73. The highest BCUT2D eigenvalue weighted by atomic mass is 19.1. The molecule has 0 fully saturated rings. The Labute approximate surface area is 156 Å². The van der Waals surface area contributed by atoms with E-state index in [2.05, 4.69) is 10.4 Å². The molecule has 0 radical (unpaired) electrons. The molecule has 7 nitrogen and oxygen atoms in total. The number of pyridine rings is 1. The van der Waals surface area contributed by atoms with Gasteiger partial charge in [-0.05, 0) is 30.3 Å². The number of aromatic hydroxyl groups is 1. The number of hydrogen-bond acceptors (Lipinski definition) is 4. The van der Waals surface area contributed by atoms with E-state index in [-0.39, 0.29) is 17.0 Å². The normalized spacial score (nSPS) is 10.9. The number of phenols is 1. The van der Waals surface area contributed by atoms with Crippen LogP contribution in [-0.2, 0) is 0 Å². The predicted octanol–water partition coefficient (Wildman–Crippen LogP) is 2.72. The van der Waals surface area contributed by atoms with Crippen LogP contribution in [0.2, 0.25) is 0 Å². The van der Waals surface area contributed by atoms with Gasteiger partial charge in [0.25, 0.3) is 5.91 Å². The van der Waals surface area contributed by atoms with Crippen molar-refractivity contribution >= 4 is 17.2 Å². The Morgan fingerprint density at radius 3 is 2.54 bits per heavy atom. The zero-order chi connectivity index (χ0) is 19.8. The van der Waals surface area contributed by atoms with Crippen LogP contribution < -0.4 is 11.0 Å². The fraction of sp³-hybridized carbons (Fsp3) is 0. The first kappa shape index (κ1) is 17.4. The van der Waals surface area contributed by atoms with Crippen LogP contribution in [0, 0.1) is 11.6 Å². The van der Waals surface area contributed by atoms with E-state index in [0.717, 1.165) is 22.9 Å². The molecule has 2 heterocycles. The van der Waals surface area contributed by atoms with Gasteiger partial charge in [0, 0.05) is 12.3 Å². The van der Waals surface area contributed by atoms with Crippen molar-refractivity contribution in [2.75, 3.05) is 5.32 Å². The molecule has 0 bridgehead atoms. The topological polar surface area (TPSA) is 88.6 Å². The van der Waals surface area contributed by atoms with Crippen molar-refractivity contribution in [3.8, 4) is 11.4 Å². The van der Waals surface area contributed by atoms with E-state index >= 15 is 0 Å². The molecular weight excluding hydrogens is 370 g/mol. The summed E-state index contributed by atoms with van der Waals surface area (Å²) in [4.78, 5) is 24.7. The lowest BCUT2D eigenvalue weighted by atomic mass is 10.1. The summed E-state index contributed by atoms with van der Waals surface area (Å²) in [5.41, 5.74) is -1.21. The number of benzene rings is 2. The summed E-state index contributed by atoms with van der Waals surface area (Å²) < 4.78 is 30.3. The van der Waals surface area contributed by atoms with E-state index in [4.69, 9.17) is 0 Å². The number of halogens is 2. The summed E-state index contributed by atoms with van der Waals surface area (Å²) in [7, 11) is 0. The van der Waals surface area contributed by atoms with Gasteiger partial charge >= 0.3 is 5.69 Å². The maximum Gasteiger partial charge on any atom is 0.355 e. The minimum atomic E-state index is -0.956. The molecule has 4 aromatic rings. The Morgan fingerprint density at radius 2 is 1.79 bits per heavy atom. The number of fused-ring (bicyclic) bond motifs is 1. The summed E-state index contributed by atoms with van der Waals surface area (Å²) in [5, 5.41) is 16.5. The molecule has 0 unspecified atom stereocenters. The van der Waals surface area contributed by atoms with Crippen LogP contribution in [-0.4, -0.2) is 25.2 Å². The molecule has 0 atom stereocenters. The molecule has 4 rings (SSSR count). The van der Waals surface area contributed by atoms with E-state index in [1.807, 2.05) is 0 Å². The van der Waals surface area contributed by atoms with Crippen molar-refractivity contribution in [3.63, 3.8) is 0 Å². The third-order valence-electron chi connectivity index (χ3n) is 4.09. The molecule has 0 aliphatic carbocycles. The quantitative estimate of drug-likeness (QED) is 0.570. The van der Waals surface area contributed by atoms with Gasteiger partial charge in [0.15, 0.2) is 5.65 Å². The molecule has 0 saturated heterocycles. The van der Waals surface area contributed by atoms with Gasteiger partial charge in [0.05, 0.1) is 11.3 Å². The smallest absolute Gasteiger partial charge is 0.355 e. The van der Waals surface area contributed by atoms with Crippen LogP contribution in [0.15, 0.2) is 65.6 Å². The number of carbonyl (C=O) groups excluding carboxylic acids is 1. The molecule has 0 spiro atoms. The summed E-state index contributed by atoms with van der Waals surface area (Å²) in [6, 6.07) is 11.9. The number of anilines is 1. The lowest BCUT2D eigenvalue weighted by Gasteiger charge is -2.10. The average molecular weight is 382 g/mol. The number of amides is 1. The van der Waals surface area contributed by atoms with E-state index in [1.165, 1.54) is 28.8 Å². The lowest BCUT2D eigenvalue weighted by molar-refractivity contribution is 0.102. The zero-order valence-corrected chi connectivity index (χ0v) is 14.1. The Kier molecular flexibility index (Phi) is 4.11. The third kappa shape index (κ3) is 2.88. The van der Waals surface area contributed by atoms with E-state index in [1.54, 1.807) is 18.2 Å². The number of rotatable bonds is 3. The number of nitrogens with zero attached hydrogens (tertiary/aromatic N) is 3. The predicted molar refractivity (Wildman–Crippen MR) is 96.8 cm³/mol. The Balaban J connectivity index is 1.74. The number of carbonyl (C=O) groups is 1. The second kappa shape index (κ2) is 6.62. The second-order valence-corrected chi connectivity index (χ2v) is 5.88. The summed E-state index contributed by atoms with van der Waals surface area (Å²) in [5.74, 6) is -3.13. The molecule has 140 valence electrons. The van der Waals surface area contributed by atoms with Gasteiger partial charge < -0.3 is 10.4 Å². The molecule has 2 aromatic carbocycles. The highest BCUT2D eigenvalue weighted by Gasteiger charge is 2.20. The molecule has 0 aliphatic heterocycles. The molecule has 28 heavy (non-hydrogen) atoms. The maximum atomic E-state index is 14.6. The SMILES string of the molecule is O=C(Nc1ccccc1F)c1cc(F)c(-n2nc3ccccn3c2=O)cc1O. The molecular formula is C19H12F2N4O3. The minimum absolute atomic E-state index is 0.118. The first-order valence-corrected chi connectivity index (χ1v) is 8.11. The first-order valence-electron chi connectivity index (χ1n) is 8.11. The summed E-state index contributed by atoms with van der Waals surface area (Å²) in [6.07, 6.45) is 1.47. The van der Waals surface area contributed by atoms with Gasteiger partial charge in [0.2, 0.25) is 0 Å². The zero-order valence-electron chi connectivity index (χ0n) is 14.1. The first-order chi connectivity index (χ1) is 13.5. The van der Waals surface area contributed by atoms with Crippen molar-refractivity contribution in [2.24, 2.45) is 0 Å². The Hall–Kier alpha value is -4.01. The van der Waals surface area contributed by atoms with Gasteiger partial charge in [0.1, 0.15) is 23.1 Å². The minimum Gasteiger partial charge on any atom is -0.507 e. The van der Waals surface area contributed by atoms with Crippen LogP contribution in [0.1, 0.15) is 10.4 Å². The van der Waals surface area contributed by atoms with Gasteiger partial charge in [-0.15, -0.1) is 5.10 Å². The van der Waals surface area contributed by atoms with Crippen LogP contribution in [0.4, 0.5) is 14.5 Å².